The third-order valence-corrected chi connectivity index (χ3v) is 7.58. The van der Waals surface area contributed by atoms with Crippen molar-refractivity contribution < 1.29 is 0 Å². The Morgan fingerprint density at radius 3 is 2.53 bits per heavy atom. The Morgan fingerprint density at radius 1 is 1.00 bits per heavy atom. The van der Waals surface area contributed by atoms with E-state index < -0.39 is 0 Å². The minimum Gasteiger partial charge on any atom is -0.261 e. The summed E-state index contributed by atoms with van der Waals surface area (Å²) in [7, 11) is 0. The molecule has 1 unspecified atom stereocenters. The number of fused-ring (bicyclic) bond motifs is 1. The molecule has 32 heavy (non-hydrogen) atoms. The fourth-order valence-electron chi connectivity index (χ4n) is 4.54. The van der Waals surface area contributed by atoms with Crippen molar-refractivity contribution in [2.75, 3.05) is 0 Å². The molecule has 2 heteroatoms. The van der Waals surface area contributed by atoms with E-state index in [1.807, 2.05) is 30.1 Å². The van der Waals surface area contributed by atoms with E-state index in [0.717, 1.165) is 29.7 Å². The van der Waals surface area contributed by atoms with Crippen LogP contribution < -0.4 is 0 Å². The van der Waals surface area contributed by atoms with Crippen molar-refractivity contribution in [2.24, 2.45) is 10.9 Å². The van der Waals surface area contributed by atoms with E-state index in [1.165, 1.54) is 44.1 Å². The summed E-state index contributed by atoms with van der Waals surface area (Å²) in [4.78, 5) is 7.36. The lowest BCUT2D eigenvalue weighted by Crippen LogP contribution is -2.15. The number of rotatable bonds is 8. The Kier molecular flexibility index (Phi) is 6.81. The van der Waals surface area contributed by atoms with Gasteiger partial charge in [0.2, 0.25) is 0 Å². The van der Waals surface area contributed by atoms with E-state index in [2.05, 4.69) is 87.5 Å². The predicted octanol–water partition coefficient (Wildman–Crippen LogP) is 8.54. The van der Waals surface area contributed by atoms with Crippen LogP contribution in [-0.2, 0) is 12.8 Å². The summed E-state index contributed by atoms with van der Waals surface area (Å²) >= 11 is 1.89. The summed E-state index contributed by atoms with van der Waals surface area (Å²) in [5.41, 5.74) is 10.0. The normalized spacial score (nSPS) is 17.2. The van der Waals surface area contributed by atoms with Crippen molar-refractivity contribution in [1.29, 1.82) is 0 Å². The minimum absolute atomic E-state index is 0.246. The molecule has 2 aromatic carbocycles. The number of allylic oxidation sites excluding steroid dienone is 5. The maximum atomic E-state index is 4.68. The summed E-state index contributed by atoms with van der Waals surface area (Å²) in [6.45, 7) is 14.7. The first-order chi connectivity index (χ1) is 15.6. The minimum atomic E-state index is 0.246. The lowest BCUT2D eigenvalue weighted by molar-refractivity contribution is 0.896. The molecule has 1 aliphatic heterocycles. The van der Waals surface area contributed by atoms with Crippen molar-refractivity contribution in [1.82, 2.24) is 0 Å². The summed E-state index contributed by atoms with van der Waals surface area (Å²) in [6, 6.07) is 13.5. The molecular formula is C30H31NS. The molecule has 0 aromatic heterocycles. The SMILES string of the molecule is C=Cc1ccc(C2=CC3=NC=CC3C(Sc3ccc(CCC)c(CC)c3)=C2C)cc1C=C. The highest BCUT2D eigenvalue weighted by atomic mass is 32.2. The first kappa shape index (κ1) is 22.4. The molecule has 1 atom stereocenters. The van der Waals surface area contributed by atoms with Gasteiger partial charge in [0.25, 0.3) is 0 Å². The number of nitrogens with zero attached hydrogens (tertiary/aromatic N) is 1. The molecule has 0 saturated carbocycles. The average molecular weight is 438 g/mol. The molecule has 0 saturated heterocycles. The standard InChI is InChI=1S/C30H31NS/c1-6-10-24-13-14-26(18-23(24)9-4)32-30-20(5)28(19-29-27(30)15-16-31-29)25-12-11-21(7-2)22(8-3)17-25/h7-8,11-19,27H,2-3,6,9-10H2,1,4-5H3. The summed E-state index contributed by atoms with van der Waals surface area (Å²) < 4.78 is 0. The van der Waals surface area contributed by atoms with Crippen molar-refractivity contribution >= 4 is 35.2 Å². The van der Waals surface area contributed by atoms with Crippen LogP contribution in [0.5, 0.6) is 0 Å². The lowest BCUT2D eigenvalue weighted by atomic mass is 9.85. The smallest absolute Gasteiger partial charge is 0.0528 e. The topological polar surface area (TPSA) is 12.4 Å². The molecule has 162 valence electrons. The second-order valence-corrected chi connectivity index (χ2v) is 9.42. The molecule has 0 fully saturated rings. The van der Waals surface area contributed by atoms with E-state index >= 15 is 0 Å². The fourth-order valence-corrected chi connectivity index (χ4v) is 5.73. The molecule has 2 aromatic rings. The quantitative estimate of drug-likeness (QED) is 0.403. The molecule has 0 bridgehead atoms. The number of benzene rings is 2. The molecular weight excluding hydrogens is 406 g/mol. The van der Waals surface area contributed by atoms with E-state index in [4.69, 9.17) is 0 Å². The predicted molar refractivity (Wildman–Crippen MR) is 143 cm³/mol. The Labute approximate surface area is 197 Å². The first-order valence-corrected chi connectivity index (χ1v) is 12.3. The second-order valence-electron chi connectivity index (χ2n) is 8.31. The van der Waals surface area contributed by atoms with Crippen LogP contribution in [-0.4, -0.2) is 5.71 Å². The molecule has 0 N–H and O–H groups in total. The van der Waals surface area contributed by atoms with Gasteiger partial charge < -0.3 is 0 Å². The van der Waals surface area contributed by atoms with Gasteiger partial charge in [-0.1, -0.05) is 81.6 Å². The summed E-state index contributed by atoms with van der Waals surface area (Å²) in [5, 5.41) is 0. The number of aliphatic imine (C=N–C) groups is 1. The molecule has 2 aliphatic rings. The highest BCUT2D eigenvalue weighted by molar-refractivity contribution is 8.03. The third-order valence-electron chi connectivity index (χ3n) is 6.31. The second kappa shape index (κ2) is 9.75. The largest absolute Gasteiger partial charge is 0.261 e. The number of hydrogen-bond donors (Lipinski definition) is 0. The zero-order valence-corrected chi connectivity index (χ0v) is 20.1. The van der Waals surface area contributed by atoms with Gasteiger partial charge in [-0.3, -0.25) is 4.99 Å². The Balaban J connectivity index is 1.75. The first-order valence-electron chi connectivity index (χ1n) is 11.5. The van der Waals surface area contributed by atoms with Crippen LogP contribution in [0.4, 0.5) is 0 Å². The summed E-state index contributed by atoms with van der Waals surface area (Å²) in [5.74, 6) is 0.246. The van der Waals surface area contributed by atoms with E-state index in [0.29, 0.717) is 0 Å². The van der Waals surface area contributed by atoms with Gasteiger partial charge in [-0.05, 0) is 83.0 Å². The van der Waals surface area contributed by atoms with Gasteiger partial charge in [-0.25, -0.2) is 0 Å². The van der Waals surface area contributed by atoms with Crippen LogP contribution in [0, 0.1) is 5.92 Å². The van der Waals surface area contributed by atoms with E-state index in [1.54, 1.807) is 0 Å². The van der Waals surface area contributed by atoms with Gasteiger partial charge >= 0.3 is 0 Å². The van der Waals surface area contributed by atoms with Gasteiger partial charge in [0, 0.05) is 16.0 Å². The van der Waals surface area contributed by atoms with Crippen LogP contribution in [0.2, 0.25) is 0 Å². The fraction of sp³-hybridized carbons (Fsp3) is 0.233. The maximum absolute atomic E-state index is 4.68. The molecule has 4 rings (SSSR count). The van der Waals surface area contributed by atoms with Gasteiger partial charge in [0.05, 0.1) is 11.6 Å². The molecule has 0 amide bonds. The Bertz CT molecular complexity index is 1190. The number of aryl methyl sites for hydroxylation is 2. The zero-order chi connectivity index (χ0) is 22.7. The van der Waals surface area contributed by atoms with Crippen molar-refractivity contribution in [2.45, 2.75) is 44.9 Å². The molecule has 1 aliphatic carbocycles. The molecule has 0 spiro atoms. The van der Waals surface area contributed by atoms with Gasteiger partial charge in [-0.2, -0.15) is 0 Å². The highest BCUT2D eigenvalue weighted by Gasteiger charge is 2.29. The monoisotopic (exact) mass is 437 g/mol. The van der Waals surface area contributed by atoms with Crippen molar-refractivity contribution in [3.63, 3.8) is 0 Å². The van der Waals surface area contributed by atoms with Crippen LogP contribution in [0.15, 0.2) is 88.3 Å². The van der Waals surface area contributed by atoms with Crippen LogP contribution in [0.3, 0.4) is 0 Å². The summed E-state index contributed by atoms with van der Waals surface area (Å²) in [6.07, 6.45) is 13.6. The number of thioether (sulfide) groups is 1. The zero-order valence-electron chi connectivity index (χ0n) is 19.3. The molecule has 1 heterocycles. The Morgan fingerprint density at radius 2 is 1.81 bits per heavy atom. The van der Waals surface area contributed by atoms with Gasteiger partial charge in [0.15, 0.2) is 0 Å². The van der Waals surface area contributed by atoms with Crippen LogP contribution >= 0.6 is 11.8 Å². The van der Waals surface area contributed by atoms with Crippen molar-refractivity contribution in [3.8, 4) is 0 Å². The van der Waals surface area contributed by atoms with Gasteiger partial charge in [-0.15, -0.1) is 0 Å². The van der Waals surface area contributed by atoms with E-state index in [-0.39, 0.29) is 5.92 Å². The third kappa shape index (κ3) is 4.25. The maximum Gasteiger partial charge on any atom is 0.0528 e. The molecule has 0 radical (unpaired) electrons. The van der Waals surface area contributed by atoms with Crippen LogP contribution in [0.25, 0.3) is 17.7 Å². The van der Waals surface area contributed by atoms with Gasteiger partial charge in [0.1, 0.15) is 0 Å². The Hall–Kier alpha value is -2.84. The molecule has 1 nitrogen and oxygen atoms in total. The van der Waals surface area contributed by atoms with E-state index in [9.17, 15) is 0 Å². The van der Waals surface area contributed by atoms with Crippen molar-refractivity contribution in [3.05, 3.63) is 106 Å². The number of hydrogen-bond acceptors (Lipinski definition) is 2. The average Bonchev–Trinajstić information content (AvgIpc) is 3.29. The highest BCUT2D eigenvalue weighted by Crippen LogP contribution is 2.45. The van der Waals surface area contributed by atoms with Crippen LogP contribution in [0.1, 0.15) is 55.0 Å². The lowest BCUT2D eigenvalue weighted by Gasteiger charge is -2.25.